The number of anilines is 1. The first-order valence-electron chi connectivity index (χ1n) is 7.41. The lowest BCUT2D eigenvalue weighted by molar-refractivity contribution is -0.137. The molecule has 3 aromatic rings. The quantitative estimate of drug-likeness (QED) is 0.793. The van der Waals surface area contributed by atoms with Crippen molar-refractivity contribution in [1.82, 2.24) is 19.6 Å². The summed E-state index contributed by atoms with van der Waals surface area (Å²) in [5.41, 5.74) is 2.92. The van der Waals surface area contributed by atoms with Crippen LogP contribution in [0.25, 0.3) is 5.65 Å². The minimum absolute atomic E-state index is 0.0672. The third-order valence-electron chi connectivity index (χ3n) is 4.21. The van der Waals surface area contributed by atoms with Crippen LogP contribution in [0.2, 0.25) is 0 Å². The van der Waals surface area contributed by atoms with Crippen molar-refractivity contribution in [1.29, 1.82) is 0 Å². The molecule has 0 radical (unpaired) electrons. The van der Waals surface area contributed by atoms with Crippen LogP contribution < -0.4 is 4.90 Å². The van der Waals surface area contributed by atoms with Gasteiger partial charge in [-0.05, 0) is 11.1 Å². The Morgan fingerprint density at radius 2 is 2.22 bits per heavy atom. The smallest absolute Gasteiger partial charge is 0.304 e. The molecule has 4 rings (SSSR count). The predicted octanol–water partition coefficient (Wildman–Crippen LogP) is 1.70. The van der Waals surface area contributed by atoms with Crippen molar-refractivity contribution in [2.24, 2.45) is 0 Å². The van der Waals surface area contributed by atoms with Crippen molar-refractivity contribution in [3.63, 3.8) is 0 Å². The highest BCUT2D eigenvalue weighted by atomic mass is 16.4. The number of carboxylic acid groups (broad SMARTS) is 1. The zero-order chi connectivity index (χ0) is 15.8. The topological polar surface area (TPSA) is 83.6 Å². The van der Waals surface area contributed by atoms with Crippen LogP contribution in [0.15, 0.2) is 43.0 Å². The maximum atomic E-state index is 11.2. The number of rotatable bonds is 3. The van der Waals surface area contributed by atoms with Gasteiger partial charge in [0, 0.05) is 31.4 Å². The summed E-state index contributed by atoms with van der Waals surface area (Å²) in [7, 11) is 0. The zero-order valence-electron chi connectivity index (χ0n) is 12.3. The highest BCUT2D eigenvalue weighted by molar-refractivity contribution is 5.69. The maximum Gasteiger partial charge on any atom is 0.304 e. The maximum absolute atomic E-state index is 11.2. The second-order valence-electron chi connectivity index (χ2n) is 5.69. The largest absolute Gasteiger partial charge is 0.481 e. The molecule has 2 aromatic heterocycles. The van der Waals surface area contributed by atoms with Crippen LogP contribution in [-0.4, -0.2) is 37.2 Å². The lowest BCUT2D eigenvalue weighted by Crippen LogP contribution is -2.35. The van der Waals surface area contributed by atoms with Gasteiger partial charge in [-0.2, -0.15) is 0 Å². The van der Waals surface area contributed by atoms with Gasteiger partial charge in [-0.1, -0.05) is 24.3 Å². The van der Waals surface area contributed by atoms with E-state index in [9.17, 15) is 9.90 Å². The Morgan fingerprint density at radius 3 is 3.09 bits per heavy atom. The van der Waals surface area contributed by atoms with E-state index in [0.29, 0.717) is 18.7 Å². The van der Waals surface area contributed by atoms with E-state index in [0.717, 1.165) is 16.9 Å². The SMILES string of the molecule is O=C(O)CC1CN(c2nccn3cnnc23)Cc2ccccc21. The van der Waals surface area contributed by atoms with Gasteiger partial charge >= 0.3 is 5.97 Å². The molecular formula is C16H15N5O2. The summed E-state index contributed by atoms with van der Waals surface area (Å²) in [6, 6.07) is 8.00. The zero-order valence-corrected chi connectivity index (χ0v) is 12.3. The molecule has 23 heavy (non-hydrogen) atoms. The Balaban J connectivity index is 1.77. The minimum Gasteiger partial charge on any atom is -0.481 e. The van der Waals surface area contributed by atoms with E-state index in [1.54, 1.807) is 18.7 Å². The van der Waals surface area contributed by atoms with Gasteiger partial charge in [0.1, 0.15) is 6.33 Å². The third kappa shape index (κ3) is 2.40. The molecular weight excluding hydrogens is 294 g/mol. The molecule has 1 aromatic carbocycles. The molecule has 116 valence electrons. The number of hydrogen-bond donors (Lipinski definition) is 1. The fourth-order valence-corrected chi connectivity index (χ4v) is 3.23. The lowest BCUT2D eigenvalue weighted by atomic mass is 9.87. The molecule has 0 amide bonds. The molecule has 7 nitrogen and oxygen atoms in total. The number of aliphatic carboxylic acids is 1. The first kappa shape index (κ1) is 13.7. The summed E-state index contributed by atoms with van der Waals surface area (Å²) in [5, 5.41) is 17.3. The summed E-state index contributed by atoms with van der Waals surface area (Å²) < 4.78 is 1.81. The third-order valence-corrected chi connectivity index (χ3v) is 4.21. The Kier molecular flexibility index (Phi) is 3.18. The molecule has 1 aliphatic heterocycles. The van der Waals surface area contributed by atoms with Gasteiger partial charge in [-0.25, -0.2) is 4.98 Å². The van der Waals surface area contributed by atoms with Crippen LogP contribution in [0, 0.1) is 0 Å². The molecule has 1 atom stereocenters. The molecule has 0 saturated heterocycles. The second kappa shape index (κ2) is 5.35. The number of aromatic nitrogens is 4. The predicted molar refractivity (Wildman–Crippen MR) is 83.3 cm³/mol. The Morgan fingerprint density at radius 1 is 1.35 bits per heavy atom. The fraction of sp³-hybridized carbons (Fsp3) is 0.250. The Hall–Kier alpha value is -2.96. The number of carboxylic acids is 1. The van der Waals surface area contributed by atoms with Gasteiger partial charge in [-0.3, -0.25) is 9.20 Å². The Bertz CT molecular complexity index is 876. The highest BCUT2D eigenvalue weighted by Crippen LogP contribution is 2.33. The van der Waals surface area contributed by atoms with Crippen molar-refractivity contribution in [2.75, 3.05) is 11.4 Å². The van der Waals surface area contributed by atoms with Crippen LogP contribution in [-0.2, 0) is 11.3 Å². The van der Waals surface area contributed by atoms with E-state index in [-0.39, 0.29) is 12.3 Å². The summed E-state index contributed by atoms with van der Waals surface area (Å²) in [6.07, 6.45) is 5.24. The molecule has 0 saturated carbocycles. The van der Waals surface area contributed by atoms with Gasteiger partial charge in [0.05, 0.1) is 6.42 Å². The van der Waals surface area contributed by atoms with Crippen LogP contribution in [0.4, 0.5) is 5.82 Å². The molecule has 0 spiro atoms. The van der Waals surface area contributed by atoms with Crippen LogP contribution in [0.5, 0.6) is 0 Å². The number of fused-ring (bicyclic) bond motifs is 2. The number of nitrogens with zero attached hydrogens (tertiary/aromatic N) is 5. The van der Waals surface area contributed by atoms with Crippen molar-refractivity contribution in [3.8, 4) is 0 Å². The van der Waals surface area contributed by atoms with Gasteiger partial charge in [0.15, 0.2) is 5.82 Å². The van der Waals surface area contributed by atoms with Gasteiger partial charge in [-0.15, -0.1) is 10.2 Å². The molecule has 0 bridgehead atoms. The number of benzene rings is 1. The molecule has 0 fully saturated rings. The average Bonchev–Trinajstić information content (AvgIpc) is 3.02. The first-order valence-corrected chi connectivity index (χ1v) is 7.41. The summed E-state index contributed by atoms with van der Waals surface area (Å²) in [6.45, 7) is 1.29. The van der Waals surface area contributed by atoms with Gasteiger partial charge in [0.2, 0.25) is 5.65 Å². The normalized spacial score (nSPS) is 17.2. The molecule has 0 aliphatic carbocycles. The first-order chi connectivity index (χ1) is 11.2. The minimum atomic E-state index is -0.791. The second-order valence-corrected chi connectivity index (χ2v) is 5.69. The van der Waals surface area contributed by atoms with E-state index in [4.69, 9.17) is 0 Å². The molecule has 7 heteroatoms. The number of carbonyl (C=O) groups is 1. The highest BCUT2D eigenvalue weighted by Gasteiger charge is 2.28. The fourth-order valence-electron chi connectivity index (χ4n) is 3.23. The lowest BCUT2D eigenvalue weighted by Gasteiger charge is -2.34. The van der Waals surface area contributed by atoms with E-state index < -0.39 is 5.97 Å². The van der Waals surface area contributed by atoms with Gasteiger partial charge in [0.25, 0.3) is 0 Å². The molecule has 1 unspecified atom stereocenters. The van der Waals surface area contributed by atoms with Crippen LogP contribution in [0.3, 0.4) is 0 Å². The summed E-state index contributed by atoms with van der Waals surface area (Å²) >= 11 is 0. The van der Waals surface area contributed by atoms with E-state index >= 15 is 0 Å². The standard InChI is InChI=1S/C16H15N5O2/c22-14(23)7-12-9-21(8-11-3-1-2-4-13(11)12)15-16-19-18-10-20(16)6-5-17-15/h1-6,10,12H,7-9H2,(H,22,23). The summed E-state index contributed by atoms with van der Waals surface area (Å²) in [4.78, 5) is 17.8. The van der Waals surface area contributed by atoms with Crippen LogP contribution in [0.1, 0.15) is 23.5 Å². The van der Waals surface area contributed by atoms with Crippen molar-refractivity contribution in [2.45, 2.75) is 18.9 Å². The molecule has 1 aliphatic rings. The Labute approximate surface area is 132 Å². The molecule has 1 N–H and O–H groups in total. The monoisotopic (exact) mass is 309 g/mol. The molecule has 3 heterocycles. The average molecular weight is 309 g/mol. The van der Waals surface area contributed by atoms with Gasteiger partial charge < -0.3 is 10.0 Å². The van der Waals surface area contributed by atoms with E-state index in [2.05, 4.69) is 20.1 Å². The van der Waals surface area contributed by atoms with Crippen LogP contribution >= 0.6 is 0 Å². The van der Waals surface area contributed by atoms with Crippen molar-refractivity contribution in [3.05, 3.63) is 54.1 Å². The van der Waals surface area contributed by atoms with Crippen molar-refractivity contribution >= 4 is 17.4 Å². The summed E-state index contributed by atoms with van der Waals surface area (Å²) in [5.74, 6) is -0.127. The van der Waals surface area contributed by atoms with Crippen molar-refractivity contribution < 1.29 is 9.90 Å². The number of hydrogen-bond acceptors (Lipinski definition) is 5. The van der Waals surface area contributed by atoms with E-state index in [1.807, 2.05) is 28.7 Å². The van der Waals surface area contributed by atoms with E-state index in [1.165, 1.54) is 0 Å².